The molecule has 1 aliphatic heterocycles. The van der Waals surface area contributed by atoms with E-state index in [1.807, 2.05) is 27.7 Å². The standard InChI is InChI=1S/C24H27ClN4O5S2/c1-14-12-29(13-15(2)33-14)36(31,32)20-8-6-19(7-9-20)26-24(30)21-11-18(25)5-10-22(21)28-35-23-16(3)27-34-17(23)4/h5-11,14-15,28H,12-13H2,1-4H3,(H,26,30). The number of morpholine rings is 1. The van der Waals surface area contributed by atoms with Gasteiger partial charge in [-0.3, -0.25) is 4.79 Å². The van der Waals surface area contributed by atoms with Crippen LogP contribution in [0.15, 0.2) is 56.8 Å². The summed E-state index contributed by atoms with van der Waals surface area (Å²) in [6, 6.07) is 11.1. The van der Waals surface area contributed by atoms with Crippen LogP contribution in [0.5, 0.6) is 0 Å². The van der Waals surface area contributed by atoms with Gasteiger partial charge < -0.3 is 19.3 Å². The largest absolute Gasteiger partial charge is 0.373 e. The number of benzene rings is 2. The van der Waals surface area contributed by atoms with Crippen molar-refractivity contribution in [2.75, 3.05) is 23.1 Å². The molecule has 1 amide bonds. The van der Waals surface area contributed by atoms with Crippen LogP contribution in [0.2, 0.25) is 5.02 Å². The maximum absolute atomic E-state index is 13.1. The first-order valence-electron chi connectivity index (χ1n) is 11.3. The molecule has 3 aromatic rings. The number of anilines is 2. The normalized spacial score (nSPS) is 18.7. The molecule has 4 rings (SSSR count). The molecular formula is C24H27ClN4O5S2. The van der Waals surface area contributed by atoms with Crippen molar-refractivity contribution in [2.24, 2.45) is 0 Å². The minimum atomic E-state index is -3.68. The number of carbonyl (C=O) groups excluding carboxylic acids is 1. The molecule has 2 atom stereocenters. The fourth-order valence-electron chi connectivity index (χ4n) is 3.90. The Morgan fingerprint density at radius 1 is 1.11 bits per heavy atom. The van der Waals surface area contributed by atoms with Gasteiger partial charge in [-0.05, 0) is 82.1 Å². The molecule has 0 spiro atoms. The number of amides is 1. The quantitative estimate of drug-likeness (QED) is 0.390. The second-order valence-electron chi connectivity index (χ2n) is 8.61. The number of sulfonamides is 1. The third kappa shape index (κ3) is 5.87. The summed E-state index contributed by atoms with van der Waals surface area (Å²) in [4.78, 5) is 14.1. The molecular weight excluding hydrogens is 524 g/mol. The van der Waals surface area contributed by atoms with Gasteiger partial charge in [-0.25, -0.2) is 8.42 Å². The van der Waals surface area contributed by atoms with Gasteiger partial charge in [-0.2, -0.15) is 4.31 Å². The highest BCUT2D eigenvalue weighted by molar-refractivity contribution is 8.00. The van der Waals surface area contributed by atoms with Crippen LogP contribution < -0.4 is 10.0 Å². The second kappa shape index (κ2) is 10.8. The molecule has 0 saturated carbocycles. The first-order valence-corrected chi connectivity index (χ1v) is 13.9. The Kier molecular flexibility index (Phi) is 7.96. The van der Waals surface area contributed by atoms with Crippen LogP contribution in [0, 0.1) is 13.8 Å². The Labute approximate surface area is 219 Å². The van der Waals surface area contributed by atoms with Crippen LogP contribution >= 0.6 is 23.5 Å². The maximum atomic E-state index is 13.1. The van der Waals surface area contributed by atoms with Crippen molar-refractivity contribution in [3.05, 3.63) is 64.5 Å². The number of nitrogens with one attached hydrogen (secondary N) is 2. The summed E-state index contributed by atoms with van der Waals surface area (Å²) in [6.45, 7) is 7.93. The van der Waals surface area contributed by atoms with Crippen molar-refractivity contribution in [1.82, 2.24) is 9.46 Å². The Hall–Kier alpha value is -2.57. The van der Waals surface area contributed by atoms with Crippen LogP contribution in [0.25, 0.3) is 0 Å². The van der Waals surface area contributed by atoms with Crippen LogP contribution in [0.4, 0.5) is 11.4 Å². The lowest BCUT2D eigenvalue weighted by Gasteiger charge is -2.34. The van der Waals surface area contributed by atoms with Crippen LogP contribution in [0.3, 0.4) is 0 Å². The molecule has 1 saturated heterocycles. The number of ether oxygens (including phenoxy) is 1. The number of carbonyl (C=O) groups is 1. The van der Waals surface area contributed by atoms with Gasteiger partial charge in [0, 0.05) is 23.8 Å². The molecule has 12 heteroatoms. The molecule has 192 valence electrons. The number of aromatic nitrogens is 1. The number of aryl methyl sites for hydroxylation is 2. The van der Waals surface area contributed by atoms with Gasteiger partial charge in [0.15, 0.2) is 0 Å². The van der Waals surface area contributed by atoms with Crippen molar-refractivity contribution in [1.29, 1.82) is 0 Å². The molecule has 1 fully saturated rings. The van der Waals surface area contributed by atoms with E-state index in [0.29, 0.717) is 40.8 Å². The highest BCUT2D eigenvalue weighted by Crippen LogP contribution is 2.30. The van der Waals surface area contributed by atoms with Gasteiger partial charge >= 0.3 is 0 Å². The lowest BCUT2D eigenvalue weighted by Crippen LogP contribution is -2.48. The zero-order valence-corrected chi connectivity index (χ0v) is 22.6. The van der Waals surface area contributed by atoms with Gasteiger partial charge in [0.25, 0.3) is 5.91 Å². The van der Waals surface area contributed by atoms with E-state index in [1.54, 1.807) is 30.3 Å². The molecule has 9 nitrogen and oxygen atoms in total. The van der Waals surface area contributed by atoms with Gasteiger partial charge in [0.05, 0.1) is 38.9 Å². The molecule has 2 unspecified atom stereocenters. The Morgan fingerprint density at radius 2 is 1.78 bits per heavy atom. The van der Waals surface area contributed by atoms with Gasteiger partial charge in [-0.1, -0.05) is 16.8 Å². The summed E-state index contributed by atoms with van der Waals surface area (Å²) in [5.74, 6) is 0.270. The fraction of sp³-hybridized carbons (Fsp3) is 0.333. The van der Waals surface area contributed by atoms with E-state index in [9.17, 15) is 13.2 Å². The zero-order chi connectivity index (χ0) is 26.0. The number of nitrogens with zero attached hydrogens (tertiary/aromatic N) is 2. The summed E-state index contributed by atoms with van der Waals surface area (Å²) < 4.78 is 41.6. The van der Waals surface area contributed by atoms with E-state index in [-0.39, 0.29) is 17.1 Å². The Morgan fingerprint density at radius 3 is 2.39 bits per heavy atom. The van der Waals surface area contributed by atoms with Crippen molar-refractivity contribution in [2.45, 2.75) is 49.7 Å². The lowest BCUT2D eigenvalue weighted by molar-refractivity contribution is -0.0440. The molecule has 1 aromatic heterocycles. The average Bonchev–Trinajstić information content (AvgIpc) is 3.15. The summed E-state index contributed by atoms with van der Waals surface area (Å²) in [7, 11) is -3.68. The van der Waals surface area contributed by atoms with Crippen molar-refractivity contribution in [3.8, 4) is 0 Å². The SMILES string of the molecule is Cc1noc(C)c1SNc1ccc(Cl)cc1C(=O)Nc1ccc(S(=O)(=O)N2CC(C)OC(C)C2)cc1. The van der Waals surface area contributed by atoms with Gasteiger partial charge in [0.1, 0.15) is 5.76 Å². The number of halogens is 1. The van der Waals surface area contributed by atoms with Crippen molar-refractivity contribution in [3.63, 3.8) is 0 Å². The first-order chi connectivity index (χ1) is 17.0. The zero-order valence-electron chi connectivity index (χ0n) is 20.2. The highest BCUT2D eigenvalue weighted by Gasteiger charge is 2.32. The van der Waals surface area contributed by atoms with E-state index >= 15 is 0 Å². The Bertz CT molecular complexity index is 1330. The van der Waals surface area contributed by atoms with Crippen molar-refractivity contribution >= 4 is 50.9 Å². The van der Waals surface area contributed by atoms with E-state index in [1.165, 1.54) is 28.4 Å². The van der Waals surface area contributed by atoms with Gasteiger partial charge in [0.2, 0.25) is 10.0 Å². The summed E-state index contributed by atoms with van der Waals surface area (Å²) in [5.41, 5.74) is 2.07. The second-order valence-corrected chi connectivity index (χ2v) is 11.8. The third-order valence-electron chi connectivity index (χ3n) is 5.59. The number of hydrogen-bond donors (Lipinski definition) is 2. The minimum absolute atomic E-state index is 0.155. The molecule has 2 heterocycles. The van der Waals surface area contributed by atoms with E-state index in [4.69, 9.17) is 20.9 Å². The predicted octanol–water partition coefficient (Wildman–Crippen LogP) is 5.11. The summed E-state index contributed by atoms with van der Waals surface area (Å²) in [5, 5.41) is 7.14. The molecule has 0 bridgehead atoms. The molecule has 2 N–H and O–H groups in total. The molecule has 36 heavy (non-hydrogen) atoms. The first kappa shape index (κ1) is 26.5. The lowest BCUT2D eigenvalue weighted by atomic mass is 10.1. The maximum Gasteiger partial charge on any atom is 0.257 e. The van der Waals surface area contributed by atoms with Crippen LogP contribution in [0.1, 0.15) is 35.7 Å². The Balaban J connectivity index is 1.48. The topological polar surface area (TPSA) is 114 Å². The van der Waals surface area contributed by atoms with E-state index in [0.717, 1.165) is 10.6 Å². The molecule has 2 aromatic carbocycles. The summed E-state index contributed by atoms with van der Waals surface area (Å²) in [6.07, 6.45) is -0.364. The minimum Gasteiger partial charge on any atom is -0.373 e. The van der Waals surface area contributed by atoms with Crippen LogP contribution in [-0.4, -0.2) is 49.1 Å². The van der Waals surface area contributed by atoms with E-state index in [2.05, 4.69) is 15.2 Å². The average molecular weight is 551 g/mol. The predicted molar refractivity (Wildman–Crippen MR) is 140 cm³/mol. The number of rotatable bonds is 7. The molecule has 1 aliphatic rings. The molecule has 0 aliphatic carbocycles. The van der Waals surface area contributed by atoms with Crippen LogP contribution in [-0.2, 0) is 14.8 Å². The van der Waals surface area contributed by atoms with Gasteiger partial charge in [-0.15, -0.1) is 0 Å². The van der Waals surface area contributed by atoms with Crippen molar-refractivity contribution < 1.29 is 22.5 Å². The fourth-order valence-corrected chi connectivity index (χ4v) is 6.42. The third-order valence-corrected chi connectivity index (χ3v) is 8.78. The smallest absolute Gasteiger partial charge is 0.257 e. The highest BCUT2D eigenvalue weighted by atomic mass is 35.5. The summed E-state index contributed by atoms with van der Waals surface area (Å²) >= 11 is 7.45. The molecule has 0 radical (unpaired) electrons. The van der Waals surface area contributed by atoms with E-state index < -0.39 is 15.9 Å². The monoisotopic (exact) mass is 550 g/mol. The number of hydrogen-bond acceptors (Lipinski definition) is 8.